The van der Waals surface area contributed by atoms with E-state index in [1.54, 1.807) is 0 Å². The van der Waals surface area contributed by atoms with E-state index in [-0.39, 0.29) is 5.97 Å². The van der Waals surface area contributed by atoms with Gasteiger partial charge in [0.05, 0.1) is 6.61 Å². The van der Waals surface area contributed by atoms with Crippen molar-refractivity contribution in [1.29, 1.82) is 0 Å². The van der Waals surface area contributed by atoms with E-state index in [9.17, 15) is 4.79 Å². The number of esters is 1. The first-order valence-electron chi connectivity index (χ1n) is 6.60. The molecule has 0 heterocycles. The number of carbonyl (C=O) groups excluding carboxylic acids is 1. The number of nitrogens with one attached hydrogen (secondary N) is 1. The summed E-state index contributed by atoms with van der Waals surface area (Å²) in [6.07, 6.45) is 4.73. The maximum absolute atomic E-state index is 11.9. The highest BCUT2D eigenvalue weighted by Gasteiger charge is 2.34. The topological polar surface area (TPSA) is 41.6 Å². The summed E-state index contributed by atoms with van der Waals surface area (Å²) in [4.78, 5) is 14.2. The van der Waals surface area contributed by atoms with Crippen molar-refractivity contribution in [1.82, 2.24) is 10.2 Å². The average molecular weight is 242 g/mol. The van der Waals surface area contributed by atoms with Gasteiger partial charge in [0.2, 0.25) is 0 Å². The molecular formula is C13H26N2O2. The lowest BCUT2D eigenvalue weighted by atomic mass is 9.90. The Kier molecular flexibility index (Phi) is 5.40. The largest absolute Gasteiger partial charge is 0.465 e. The Hall–Kier alpha value is -0.610. The molecule has 1 atom stereocenters. The molecule has 1 rings (SSSR count). The molecule has 0 aromatic carbocycles. The number of carbonyl (C=O) groups is 1. The lowest BCUT2D eigenvalue weighted by molar-refractivity contribution is -0.150. The van der Waals surface area contributed by atoms with Crippen molar-refractivity contribution >= 4 is 5.97 Å². The quantitative estimate of drug-likeness (QED) is 0.685. The van der Waals surface area contributed by atoms with Crippen LogP contribution in [-0.2, 0) is 9.53 Å². The van der Waals surface area contributed by atoms with E-state index >= 15 is 0 Å². The summed E-state index contributed by atoms with van der Waals surface area (Å²) in [5.74, 6) is -0.149. The molecule has 100 valence electrons. The van der Waals surface area contributed by atoms with Gasteiger partial charge in [-0.15, -0.1) is 0 Å². The molecule has 1 saturated carbocycles. The highest BCUT2D eigenvalue weighted by atomic mass is 16.5. The van der Waals surface area contributed by atoms with Gasteiger partial charge in [0.1, 0.15) is 5.54 Å². The predicted octanol–water partition coefficient (Wildman–Crippen LogP) is 1.40. The van der Waals surface area contributed by atoms with Gasteiger partial charge in [-0.25, -0.2) is 0 Å². The van der Waals surface area contributed by atoms with Gasteiger partial charge in [-0.2, -0.15) is 0 Å². The average Bonchev–Trinajstić information content (AvgIpc) is 2.24. The minimum Gasteiger partial charge on any atom is -0.465 e. The van der Waals surface area contributed by atoms with Gasteiger partial charge >= 0.3 is 5.97 Å². The fraction of sp³-hybridized carbons (Fsp3) is 0.923. The standard InChI is InChI=1S/C13H26N2O2/c1-5-17-12(16)13(2,14-3)9-10-15(4)11-7-6-8-11/h11,14H,5-10H2,1-4H3. The van der Waals surface area contributed by atoms with Gasteiger partial charge in [0.25, 0.3) is 0 Å². The van der Waals surface area contributed by atoms with Crippen molar-refractivity contribution in [2.45, 2.75) is 51.1 Å². The Bertz CT molecular complexity index is 254. The molecule has 0 aliphatic heterocycles. The molecular weight excluding hydrogens is 216 g/mol. The number of hydrogen-bond acceptors (Lipinski definition) is 4. The Labute approximate surface area is 105 Å². The molecule has 0 amide bonds. The van der Waals surface area contributed by atoms with Crippen LogP contribution in [0.2, 0.25) is 0 Å². The van der Waals surface area contributed by atoms with Crippen LogP contribution in [0.25, 0.3) is 0 Å². The van der Waals surface area contributed by atoms with Crippen LogP contribution < -0.4 is 5.32 Å². The van der Waals surface area contributed by atoms with Gasteiger partial charge in [0, 0.05) is 12.6 Å². The molecule has 0 aromatic rings. The van der Waals surface area contributed by atoms with E-state index in [1.165, 1.54) is 19.3 Å². The maximum Gasteiger partial charge on any atom is 0.326 e. The van der Waals surface area contributed by atoms with E-state index in [2.05, 4.69) is 17.3 Å². The molecule has 0 radical (unpaired) electrons. The van der Waals surface area contributed by atoms with Gasteiger partial charge in [0.15, 0.2) is 0 Å². The zero-order chi connectivity index (χ0) is 12.9. The molecule has 4 heteroatoms. The van der Waals surface area contributed by atoms with Crippen LogP contribution in [0, 0.1) is 0 Å². The third kappa shape index (κ3) is 3.68. The summed E-state index contributed by atoms with van der Waals surface area (Å²) in [6, 6.07) is 0.721. The Morgan fingerprint density at radius 2 is 2.18 bits per heavy atom. The highest BCUT2D eigenvalue weighted by molar-refractivity contribution is 5.80. The lowest BCUT2D eigenvalue weighted by Gasteiger charge is -2.37. The van der Waals surface area contributed by atoms with E-state index in [1.807, 2.05) is 20.9 Å². The lowest BCUT2D eigenvalue weighted by Crippen LogP contribution is -2.51. The highest BCUT2D eigenvalue weighted by Crippen LogP contribution is 2.24. The summed E-state index contributed by atoms with van der Waals surface area (Å²) in [6.45, 7) is 5.13. The smallest absolute Gasteiger partial charge is 0.326 e. The van der Waals surface area contributed by atoms with Crippen LogP contribution in [0.15, 0.2) is 0 Å². The number of rotatable bonds is 7. The summed E-state index contributed by atoms with van der Waals surface area (Å²) in [5, 5.41) is 3.09. The van der Waals surface area contributed by atoms with Crippen molar-refractivity contribution < 1.29 is 9.53 Å². The van der Waals surface area contributed by atoms with Gasteiger partial charge < -0.3 is 15.0 Å². The van der Waals surface area contributed by atoms with E-state index < -0.39 is 5.54 Å². The minimum absolute atomic E-state index is 0.149. The zero-order valence-electron chi connectivity index (χ0n) is 11.6. The molecule has 17 heavy (non-hydrogen) atoms. The number of ether oxygens (including phenoxy) is 1. The van der Waals surface area contributed by atoms with E-state index in [0.29, 0.717) is 6.61 Å². The first-order valence-corrected chi connectivity index (χ1v) is 6.60. The molecule has 1 N–H and O–H groups in total. The van der Waals surface area contributed by atoms with Crippen LogP contribution >= 0.6 is 0 Å². The predicted molar refractivity (Wildman–Crippen MR) is 69.0 cm³/mol. The molecule has 0 saturated heterocycles. The Morgan fingerprint density at radius 3 is 2.59 bits per heavy atom. The first-order chi connectivity index (χ1) is 8.03. The maximum atomic E-state index is 11.9. The SMILES string of the molecule is CCOC(=O)C(C)(CCN(C)C1CCC1)NC. The summed E-state index contributed by atoms with van der Waals surface area (Å²) in [7, 11) is 3.96. The number of nitrogens with zero attached hydrogens (tertiary/aromatic N) is 1. The number of likely N-dealkylation sites (N-methyl/N-ethyl adjacent to an activating group) is 1. The molecule has 1 aliphatic carbocycles. The van der Waals surface area contributed by atoms with Crippen molar-refractivity contribution in [3.05, 3.63) is 0 Å². The molecule has 1 unspecified atom stereocenters. The van der Waals surface area contributed by atoms with E-state index in [4.69, 9.17) is 4.74 Å². The molecule has 0 bridgehead atoms. The molecule has 0 aromatic heterocycles. The fourth-order valence-corrected chi connectivity index (χ4v) is 2.03. The van der Waals surface area contributed by atoms with Gasteiger partial charge in [-0.05, 0) is 47.2 Å². The normalized spacial score (nSPS) is 19.8. The van der Waals surface area contributed by atoms with Crippen LogP contribution in [-0.4, -0.2) is 49.7 Å². The molecule has 4 nitrogen and oxygen atoms in total. The monoisotopic (exact) mass is 242 g/mol. The summed E-state index contributed by atoms with van der Waals surface area (Å²) in [5.41, 5.74) is -0.561. The number of hydrogen-bond donors (Lipinski definition) is 1. The Morgan fingerprint density at radius 1 is 1.53 bits per heavy atom. The van der Waals surface area contributed by atoms with Crippen LogP contribution in [0.1, 0.15) is 39.5 Å². The van der Waals surface area contributed by atoms with E-state index in [0.717, 1.165) is 19.0 Å². The molecule has 0 spiro atoms. The van der Waals surface area contributed by atoms with Crippen molar-refractivity contribution in [2.75, 3.05) is 27.2 Å². The van der Waals surface area contributed by atoms with Gasteiger partial charge in [-0.3, -0.25) is 4.79 Å². The second kappa shape index (κ2) is 6.36. The minimum atomic E-state index is -0.561. The van der Waals surface area contributed by atoms with Crippen molar-refractivity contribution in [2.24, 2.45) is 0 Å². The third-order valence-corrected chi connectivity index (χ3v) is 3.94. The Balaban J connectivity index is 2.41. The second-order valence-electron chi connectivity index (χ2n) is 5.12. The van der Waals surface area contributed by atoms with Crippen molar-refractivity contribution in [3.8, 4) is 0 Å². The van der Waals surface area contributed by atoms with Crippen LogP contribution in [0.3, 0.4) is 0 Å². The van der Waals surface area contributed by atoms with Gasteiger partial charge in [-0.1, -0.05) is 6.42 Å². The van der Waals surface area contributed by atoms with Crippen LogP contribution in [0.5, 0.6) is 0 Å². The molecule has 1 aliphatic rings. The first kappa shape index (κ1) is 14.5. The summed E-state index contributed by atoms with van der Waals surface area (Å²) >= 11 is 0. The second-order valence-corrected chi connectivity index (χ2v) is 5.12. The van der Waals surface area contributed by atoms with Crippen molar-refractivity contribution in [3.63, 3.8) is 0 Å². The molecule has 1 fully saturated rings. The zero-order valence-corrected chi connectivity index (χ0v) is 11.6. The summed E-state index contributed by atoms with van der Waals surface area (Å²) < 4.78 is 5.11. The third-order valence-electron chi connectivity index (χ3n) is 3.94. The fourth-order valence-electron chi connectivity index (χ4n) is 2.03. The van der Waals surface area contributed by atoms with Crippen LogP contribution in [0.4, 0.5) is 0 Å².